The SMILES string of the molecule is CCCCCC/C1=C2N=C(/C(c3ccc(C(=O)OC)cc3)=c3/cc/c([nH]3)=C(\CCCCCC)C3C=C/C(=C(\c4ccc(C(=O)OC)cc4)c4ccc1[nH]4)C3)C(O)C/2O. The Morgan fingerprint density at radius 3 is 1.88 bits per heavy atom. The van der Waals surface area contributed by atoms with Crippen molar-refractivity contribution < 1.29 is 29.3 Å². The first kappa shape index (κ1) is 40.7. The van der Waals surface area contributed by atoms with E-state index in [1.54, 1.807) is 12.1 Å². The van der Waals surface area contributed by atoms with Gasteiger partial charge in [0.2, 0.25) is 0 Å². The number of fused-ring (bicyclic) bond motifs is 7. The predicted molar refractivity (Wildman–Crippen MR) is 229 cm³/mol. The van der Waals surface area contributed by atoms with Crippen molar-refractivity contribution in [3.05, 3.63) is 141 Å². The largest absolute Gasteiger partial charge is 0.465 e. The predicted octanol–water partition coefficient (Wildman–Crippen LogP) is 8.19. The van der Waals surface area contributed by atoms with Crippen LogP contribution in [0.4, 0.5) is 0 Å². The molecule has 3 aliphatic rings. The minimum Gasteiger partial charge on any atom is -0.465 e. The van der Waals surface area contributed by atoms with Crippen LogP contribution in [0.25, 0.3) is 22.3 Å². The minimum atomic E-state index is -1.30. The third kappa shape index (κ3) is 8.38. The van der Waals surface area contributed by atoms with Gasteiger partial charge < -0.3 is 29.7 Å². The number of aromatic amines is 2. The van der Waals surface area contributed by atoms with E-state index in [-0.39, 0.29) is 11.9 Å². The maximum absolute atomic E-state index is 12.4. The molecule has 0 saturated heterocycles. The van der Waals surface area contributed by atoms with Gasteiger partial charge >= 0.3 is 11.9 Å². The number of nitrogens with one attached hydrogen (secondary N) is 2. The number of allylic oxidation sites excluding steroid dienone is 4. The first-order valence-corrected chi connectivity index (χ1v) is 20.8. The average Bonchev–Trinajstić information content (AvgIpc) is 4.08. The van der Waals surface area contributed by atoms with Crippen LogP contribution in [-0.2, 0) is 9.47 Å². The van der Waals surface area contributed by atoms with Gasteiger partial charge in [0.05, 0.1) is 36.8 Å². The Labute approximate surface area is 340 Å². The van der Waals surface area contributed by atoms with Crippen LogP contribution in [0.15, 0.2) is 101 Å². The van der Waals surface area contributed by atoms with E-state index in [0.717, 1.165) is 102 Å². The monoisotopic (exact) mass is 781 g/mol. The number of hydrogen-bond donors (Lipinski definition) is 4. The van der Waals surface area contributed by atoms with Gasteiger partial charge in [-0.15, -0.1) is 0 Å². The molecule has 1 aliphatic carbocycles. The van der Waals surface area contributed by atoms with E-state index in [0.29, 0.717) is 34.5 Å². The minimum absolute atomic E-state index is 0.134. The van der Waals surface area contributed by atoms with E-state index in [2.05, 4.69) is 54.2 Å². The first-order chi connectivity index (χ1) is 28.3. The summed E-state index contributed by atoms with van der Waals surface area (Å²) in [6, 6.07) is 23.0. The molecule has 0 spiro atoms. The topological polar surface area (TPSA) is 137 Å². The molecule has 4 aromatic rings. The molecule has 7 rings (SSSR count). The third-order valence-electron chi connectivity index (χ3n) is 11.8. The number of H-pyrrole nitrogens is 2. The summed E-state index contributed by atoms with van der Waals surface area (Å²) in [5.41, 5.74) is 10.2. The highest BCUT2D eigenvalue weighted by Crippen LogP contribution is 2.40. The van der Waals surface area contributed by atoms with Gasteiger partial charge in [0.1, 0.15) is 12.2 Å². The van der Waals surface area contributed by atoms with Crippen molar-refractivity contribution in [1.82, 2.24) is 9.97 Å². The lowest BCUT2D eigenvalue weighted by Crippen LogP contribution is -2.32. The number of aliphatic hydroxyl groups is 2. The number of aliphatic imine (C=N–C) groups is 1. The zero-order valence-corrected chi connectivity index (χ0v) is 34.1. The summed E-state index contributed by atoms with van der Waals surface area (Å²) >= 11 is 0. The Morgan fingerprint density at radius 2 is 1.26 bits per heavy atom. The van der Waals surface area contributed by atoms with E-state index in [1.165, 1.54) is 31.8 Å². The number of carbonyl (C=O) groups is 2. The van der Waals surface area contributed by atoms with Crippen LogP contribution < -0.4 is 10.7 Å². The van der Waals surface area contributed by atoms with Crippen molar-refractivity contribution in [2.24, 2.45) is 10.9 Å². The fraction of sp³-hybridized carbons (Fsp3) is 0.367. The van der Waals surface area contributed by atoms with E-state index < -0.39 is 18.2 Å². The van der Waals surface area contributed by atoms with Crippen LogP contribution in [0.2, 0.25) is 0 Å². The van der Waals surface area contributed by atoms with Crippen LogP contribution in [0.1, 0.15) is 128 Å². The van der Waals surface area contributed by atoms with Crippen molar-refractivity contribution >= 4 is 39.9 Å². The Balaban J connectivity index is 1.49. The quantitative estimate of drug-likeness (QED) is 0.0753. The summed E-state index contributed by atoms with van der Waals surface area (Å²) in [5.74, 6) is -0.683. The Hall–Kier alpha value is -5.51. The molecule has 302 valence electrons. The second-order valence-electron chi connectivity index (χ2n) is 15.6. The number of aliphatic hydroxyl groups excluding tert-OH is 2. The number of esters is 2. The number of unbranched alkanes of at least 4 members (excludes halogenated alkanes) is 6. The molecule has 2 aromatic carbocycles. The maximum Gasteiger partial charge on any atom is 0.337 e. The second-order valence-corrected chi connectivity index (χ2v) is 15.6. The molecule has 0 saturated carbocycles. The number of rotatable bonds is 14. The van der Waals surface area contributed by atoms with Crippen molar-refractivity contribution in [3.63, 3.8) is 0 Å². The number of methoxy groups -OCH3 is 2. The summed E-state index contributed by atoms with van der Waals surface area (Å²) in [5, 5.41) is 25.7. The molecule has 8 bridgehead atoms. The molecule has 9 heteroatoms. The molecule has 4 heterocycles. The lowest BCUT2D eigenvalue weighted by atomic mass is 9.89. The molecule has 3 unspecified atom stereocenters. The number of benzene rings is 2. The van der Waals surface area contributed by atoms with Crippen molar-refractivity contribution in [2.45, 2.75) is 96.7 Å². The van der Waals surface area contributed by atoms with Crippen LogP contribution >= 0.6 is 0 Å². The zero-order valence-electron chi connectivity index (χ0n) is 34.1. The van der Waals surface area contributed by atoms with E-state index in [1.807, 2.05) is 42.5 Å². The lowest BCUT2D eigenvalue weighted by molar-refractivity contribution is 0.0592. The number of hydrogen-bond acceptors (Lipinski definition) is 7. The Bertz CT molecular complexity index is 2390. The van der Waals surface area contributed by atoms with Crippen molar-refractivity contribution in [2.75, 3.05) is 14.2 Å². The van der Waals surface area contributed by atoms with Gasteiger partial charge in [-0.1, -0.05) is 88.8 Å². The highest BCUT2D eigenvalue weighted by Gasteiger charge is 2.37. The molecular weight excluding hydrogens is 727 g/mol. The normalized spacial score (nSPS) is 23.3. The molecule has 4 N–H and O–H groups in total. The molecule has 0 amide bonds. The third-order valence-corrected chi connectivity index (χ3v) is 11.8. The summed E-state index contributed by atoms with van der Waals surface area (Å²) < 4.78 is 9.98. The van der Waals surface area contributed by atoms with Crippen LogP contribution in [0.5, 0.6) is 0 Å². The van der Waals surface area contributed by atoms with Crippen molar-refractivity contribution in [3.8, 4) is 0 Å². The Morgan fingerprint density at radius 1 is 0.672 bits per heavy atom. The fourth-order valence-corrected chi connectivity index (χ4v) is 8.61. The van der Waals surface area contributed by atoms with Gasteiger partial charge in [-0.05, 0) is 108 Å². The molecule has 0 radical (unpaired) electrons. The molecule has 9 nitrogen and oxygen atoms in total. The van der Waals surface area contributed by atoms with Crippen LogP contribution in [0.3, 0.4) is 0 Å². The van der Waals surface area contributed by atoms with Gasteiger partial charge in [0, 0.05) is 39.2 Å². The van der Waals surface area contributed by atoms with E-state index in [9.17, 15) is 19.8 Å². The summed E-state index contributed by atoms with van der Waals surface area (Å²) in [6.45, 7) is 4.41. The van der Waals surface area contributed by atoms with Gasteiger partial charge in [-0.2, -0.15) is 0 Å². The Kier molecular flexibility index (Phi) is 12.9. The second kappa shape index (κ2) is 18.4. The zero-order chi connectivity index (χ0) is 40.8. The van der Waals surface area contributed by atoms with Crippen molar-refractivity contribution in [1.29, 1.82) is 0 Å². The van der Waals surface area contributed by atoms with Gasteiger partial charge in [0.25, 0.3) is 0 Å². The highest BCUT2D eigenvalue weighted by molar-refractivity contribution is 6.27. The molecule has 3 atom stereocenters. The average molecular weight is 782 g/mol. The summed E-state index contributed by atoms with van der Waals surface area (Å²) in [4.78, 5) is 37.5. The fourth-order valence-electron chi connectivity index (χ4n) is 8.61. The lowest BCUT2D eigenvalue weighted by Gasteiger charge is -2.16. The van der Waals surface area contributed by atoms with Gasteiger partial charge in [-0.3, -0.25) is 4.99 Å². The summed E-state index contributed by atoms with van der Waals surface area (Å²) in [6.07, 6.45) is 13.0. The number of ether oxygens (including phenoxy) is 2. The van der Waals surface area contributed by atoms with E-state index in [4.69, 9.17) is 14.5 Å². The molecule has 2 aliphatic heterocycles. The van der Waals surface area contributed by atoms with Crippen LogP contribution in [-0.4, -0.2) is 64.3 Å². The number of aromatic nitrogens is 2. The molecule has 58 heavy (non-hydrogen) atoms. The van der Waals surface area contributed by atoms with Crippen LogP contribution in [0, 0.1) is 5.92 Å². The molecular formula is C49H55N3O6. The standard InChI is InChI=1S/C49H55N3O6/c1-5-7-9-11-13-36-34-23-24-35(29-34)42(30-15-19-32(20-16-30)48(55)57-3)40-27-26-39(51-40)37(14-12-10-8-6-2)44-46(53)47(54)45(52-44)43(41-28-25-38(36)50-41)31-17-21-33(22-18-31)49(56)58-4/h15-28,34,46-47,50-51,53-54H,5-14,29H2,1-4H3/b38-36-,42-35-,43-41-,44-37-. The number of nitrogens with zero attached hydrogens (tertiary/aromatic N) is 1. The highest BCUT2D eigenvalue weighted by atomic mass is 16.5. The molecule has 2 aromatic heterocycles. The van der Waals surface area contributed by atoms with Gasteiger partial charge in [0.15, 0.2) is 0 Å². The summed E-state index contributed by atoms with van der Waals surface area (Å²) in [7, 11) is 2.75. The van der Waals surface area contributed by atoms with E-state index >= 15 is 0 Å². The molecule has 0 fully saturated rings. The first-order valence-electron chi connectivity index (χ1n) is 20.8. The maximum atomic E-state index is 12.4. The number of carbonyl (C=O) groups excluding carboxylic acids is 2. The van der Waals surface area contributed by atoms with Gasteiger partial charge in [-0.25, -0.2) is 9.59 Å². The smallest absolute Gasteiger partial charge is 0.337 e.